The first kappa shape index (κ1) is 134. The SMILES string of the molecule is C[C@H](O)[C@@H](O)[C@@H](O)[C@H](O)CO.OC1C(O)C(O)C(O)C(O)C1O.OCC(O)C(O)C(O)C(O)CO.OCC(O)C(O)C(O)C(O)CO.OC[C@@H](O)C(O)[C@H](O)CO.OC[C@@H](O)[C@@H](O)C(O)[C@H](O)[C@H](O)CO.OC[C@@H](O)[C@@H](O)[C@@H](O)CO.OC[C@@H](O)[C@H](O)[C@@H](O)CO.OC[C@@H](O)[C@H](O)[C@@H](O)[C@H](O)CO.OC[C@@H](O)[C@H](O)[C@H](O)[C@@H](O)CO.[OH]. The van der Waals surface area contributed by atoms with Crippen molar-refractivity contribution in [3.63, 3.8) is 0 Å². The summed E-state index contributed by atoms with van der Waals surface area (Å²) in [7, 11) is 0. The second-order valence-corrected chi connectivity index (χ2v) is 24.3. The van der Waals surface area contributed by atoms with Crippen molar-refractivity contribution in [3.05, 3.63) is 0 Å². The Bertz CT molecular complexity index is 1710. The van der Waals surface area contributed by atoms with Crippen molar-refractivity contribution >= 4 is 0 Å². The average Bonchev–Trinajstić information content (AvgIpc) is 0.807. The molecule has 0 amide bonds. The first-order valence-corrected chi connectivity index (χ1v) is 33.6. The van der Waals surface area contributed by atoms with Gasteiger partial charge in [-0.2, -0.15) is 0 Å². The van der Waals surface area contributed by atoms with Crippen LogP contribution in [-0.2, 0) is 0 Å². The van der Waals surface area contributed by atoms with E-state index in [2.05, 4.69) is 0 Å². The molecule has 0 spiro atoms. The molecule has 116 heavy (non-hydrogen) atoms. The molecule has 0 aromatic heterocycles. The van der Waals surface area contributed by atoms with Crippen molar-refractivity contribution < 1.29 is 297 Å². The zero-order valence-electron chi connectivity index (χ0n) is 62.1. The maximum absolute atomic E-state index is 9.15. The van der Waals surface area contributed by atoms with E-state index in [1.54, 1.807) is 0 Å². The van der Waals surface area contributed by atoms with Crippen molar-refractivity contribution in [1.82, 2.24) is 0 Å². The molecule has 1 radical (unpaired) electrons. The summed E-state index contributed by atoms with van der Waals surface area (Å²) in [5.74, 6) is 0. The smallest absolute Gasteiger partial charge is 0.111 e. The predicted octanol–water partition coefficient (Wildman–Crippen LogP) is -34.0. The molecule has 1 aliphatic rings. The fourth-order valence-corrected chi connectivity index (χ4v) is 6.81. The van der Waals surface area contributed by atoms with E-state index >= 15 is 0 Å². The summed E-state index contributed by atoms with van der Waals surface area (Å²) in [6, 6.07) is 0. The zero-order valence-corrected chi connectivity index (χ0v) is 62.1. The quantitative estimate of drug-likeness (QED) is 0.0270. The number of aliphatic hydroxyl groups is 57. The average molecular weight is 1760 g/mol. The van der Waals surface area contributed by atoms with Crippen molar-refractivity contribution in [2.45, 2.75) is 251 Å². The predicted molar refractivity (Wildman–Crippen MR) is 368 cm³/mol. The highest BCUT2D eigenvalue weighted by Gasteiger charge is 2.47. The number of hydrogen-bond donors (Lipinski definition) is 58. The third-order valence-corrected chi connectivity index (χ3v) is 14.9. The van der Waals surface area contributed by atoms with Crippen LogP contribution in [0.1, 0.15) is 6.92 Å². The van der Waals surface area contributed by atoms with Gasteiger partial charge in [0.1, 0.15) is 238 Å². The maximum atomic E-state index is 9.15. The van der Waals surface area contributed by atoms with Gasteiger partial charge in [0.15, 0.2) is 0 Å². The third kappa shape index (κ3) is 56.4. The Morgan fingerprint density at radius 1 is 0.129 bits per heavy atom. The molecule has 0 aromatic carbocycles. The van der Waals surface area contributed by atoms with E-state index < -0.39 is 356 Å². The Hall–Kier alpha value is -2.32. The van der Waals surface area contributed by atoms with E-state index in [4.69, 9.17) is 291 Å². The molecule has 1 saturated carbocycles. The fourth-order valence-electron chi connectivity index (χ4n) is 6.81. The Morgan fingerprint density at radius 3 is 0.276 bits per heavy atom. The Morgan fingerprint density at radius 2 is 0.198 bits per heavy atom. The normalized spacial score (nSPS) is 24.2. The van der Waals surface area contributed by atoms with E-state index in [0.717, 1.165) is 0 Å². The monoisotopic (exact) mass is 1760 g/mol. The second kappa shape index (κ2) is 77.5. The van der Waals surface area contributed by atoms with Crippen molar-refractivity contribution in [3.8, 4) is 0 Å². The van der Waals surface area contributed by atoms with Gasteiger partial charge in [-0.15, -0.1) is 0 Å². The molecule has 58 nitrogen and oxygen atoms in total. The van der Waals surface area contributed by atoms with Gasteiger partial charge >= 0.3 is 0 Å². The first-order chi connectivity index (χ1) is 53.0. The molecule has 0 aliphatic heterocycles. The molecule has 58 heteroatoms. The number of aliphatic hydroxyl groups excluding tert-OH is 57. The summed E-state index contributed by atoms with van der Waals surface area (Å²) in [6.07, 6.45) is -62.5. The van der Waals surface area contributed by atoms with E-state index in [0.29, 0.717) is 0 Å². The molecule has 1 fully saturated rings. The van der Waals surface area contributed by atoms with Gasteiger partial charge in [0.2, 0.25) is 0 Å². The van der Waals surface area contributed by atoms with Crippen LogP contribution in [0, 0.1) is 0 Å². The topological polar surface area (TPSA) is 1180 Å². The minimum atomic E-state index is -1.85. The van der Waals surface area contributed by atoms with Gasteiger partial charge in [-0.1, -0.05) is 0 Å². The standard InChI is InChI=1S/C7H16O7.C6H12O6.4C6H14O6.C6H14O5.3C5H12O5.HO/c8-1-3(10)5(12)7(14)6(13)4(11)2-9;7-1-2(8)4(10)6(12)5(11)3(1)9;4*7-1-3(9)5(11)6(12)4(10)2-8;1-3(8)5(10)6(11)4(9)2-7;3*6-1-3(8)5(10)4(9)2-7;/h3-14H,1-2H2;1-12H;4*3-12H,1-2H2;3-11H,2H2,1H3;3*3-10H,1-2H2;1H/t3-,4-,5-,6-;;3-,4+,5+,6-;3-,4-,5+,6+;;;3-,4+,5+,6-;3-,4+,5+;3-,4+,5-;3-,4-;/m1..1..0..1./s1. The molecule has 0 saturated heterocycles. The lowest BCUT2D eigenvalue weighted by atomic mass is 9.85. The van der Waals surface area contributed by atoms with Crippen molar-refractivity contribution in [2.24, 2.45) is 0 Å². The van der Waals surface area contributed by atoms with Gasteiger partial charge in [0.25, 0.3) is 0 Å². The highest BCUT2D eigenvalue weighted by atomic mass is 16.5. The van der Waals surface area contributed by atoms with Crippen LogP contribution in [0.2, 0.25) is 0 Å². The third-order valence-electron chi connectivity index (χ3n) is 14.9. The van der Waals surface area contributed by atoms with Crippen LogP contribution in [0.3, 0.4) is 0 Å². The zero-order chi connectivity index (χ0) is 93.1. The summed E-state index contributed by atoms with van der Waals surface area (Å²) >= 11 is 0. The molecular formula is C58H135O58. The molecule has 8 unspecified atom stereocenters. The summed E-state index contributed by atoms with van der Waals surface area (Å²) in [6.45, 7) is -10.6. The van der Waals surface area contributed by atoms with Gasteiger partial charge in [-0.3, -0.25) is 5.48 Å². The first-order valence-electron chi connectivity index (χ1n) is 33.6. The van der Waals surface area contributed by atoms with Gasteiger partial charge in [0, 0.05) is 0 Å². The molecule has 58 N–H and O–H groups in total. The van der Waals surface area contributed by atoms with E-state index in [1.165, 1.54) is 6.92 Å². The van der Waals surface area contributed by atoms with Gasteiger partial charge in [-0.25, -0.2) is 0 Å². The van der Waals surface area contributed by atoms with Crippen LogP contribution in [0.15, 0.2) is 0 Å². The molecular weight excluding hydrogens is 1620 g/mol. The summed E-state index contributed by atoms with van der Waals surface area (Å²) in [5.41, 5.74) is 0. The van der Waals surface area contributed by atoms with Crippen molar-refractivity contribution in [2.75, 3.05) is 112 Å². The Kier molecular flexibility index (Phi) is 89.7. The highest BCUT2D eigenvalue weighted by molar-refractivity contribution is 4.98. The van der Waals surface area contributed by atoms with Gasteiger partial charge < -0.3 is 291 Å². The van der Waals surface area contributed by atoms with Gasteiger partial charge in [0.05, 0.1) is 118 Å². The van der Waals surface area contributed by atoms with Crippen LogP contribution in [-0.4, -0.2) is 653 Å². The molecule has 1 rings (SSSR count). The number of rotatable bonds is 42. The van der Waals surface area contributed by atoms with E-state index in [1.807, 2.05) is 0 Å². The second-order valence-electron chi connectivity index (χ2n) is 24.3. The molecule has 0 bridgehead atoms. The van der Waals surface area contributed by atoms with Crippen LogP contribution in [0.5, 0.6) is 0 Å². The van der Waals surface area contributed by atoms with E-state index in [9.17, 15) is 0 Å². The largest absolute Gasteiger partial charge is 0.394 e. The molecule has 0 aromatic rings. The van der Waals surface area contributed by atoms with Crippen LogP contribution >= 0.6 is 0 Å². The fraction of sp³-hybridized carbons (Fsp3) is 1.00. The highest BCUT2D eigenvalue weighted by Crippen LogP contribution is 2.21. The van der Waals surface area contributed by atoms with E-state index in [-0.39, 0.29) is 5.48 Å². The molecule has 1 aliphatic carbocycles. The summed E-state index contributed by atoms with van der Waals surface area (Å²) in [5, 5.41) is 496. The maximum Gasteiger partial charge on any atom is 0.111 e. The van der Waals surface area contributed by atoms with Gasteiger partial charge in [-0.05, 0) is 6.92 Å². The Labute approximate surface area is 658 Å². The summed E-state index contributed by atoms with van der Waals surface area (Å²) < 4.78 is 0. The molecule has 32 atom stereocenters. The molecule has 0 heterocycles. The minimum absolute atomic E-state index is 0. The number of hydrogen-bond acceptors (Lipinski definition) is 57. The Balaban J connectivity index is -0.000000135. The van der Waals surface area contributed by atoms with Crippen LogP contribution in [0.25, 0.3) is 0 Å². The lowest BCUT2D eigenvalue weighted by Gasteiger charge is -2.39. The van der Waals surface area contributed by atoms with Crippen LogP contribution in [0.4, 0.5) is 0 Å². The summed E-state index contributed by atoms with van der Waals surface area (Å²) in [4.78, 5) is 0. The van der Waals surface area contributed by atoms with Crippen molar-refractivity contribution in [1.29, 1.82) is 0 Å². The minimum Gasteiger partial charge on any atom is -0.394 e. The molecule has 715 valence electrons. The lowest BCUT2D eigenvalue weighted by molar-refractivity contribution is -0.223. The lowest BCUT2D eigenvalue weighted by Crippen LogP contribution is -2.63. The van der Waals surface area contributed by atoms with Crippen LogP contribution < -0.4 is 0 Å².